The van der Waals surface area contributed by atoms with Gasteiger partial charge in [-0.3, -0.25) is 4.99 Å². The van der Waals surface area contributed by atoms with Crippen molar-refractivity contribution in [3.8, 4) is 0 Å². The topological polar surface area (TPSA) is 15.6 Å². The summed E-state index contributed by atoms with van der Waals surface area (Å²) in [5.74, 6) is 0. The summed E-state index contributed by atoms with van der Waals surface area (Å²) in [7, 11) is 1.94. The average molecular weight is 320 g/mol. The SMILES string of the molecule is CCCC1(c2ccccc2)/C(=N\C)c2ccccc2N1C(C)(C)C. The van der Waals surface area contributed by atoms with Crippen LogP contribution in [0.2, 0.25) is 0 Å². The van der Waals surface area contributed by atoms with Gasteiger partial charge >= 0.3 is 0 Å². The highest BCUT2D eigenvalue weighted by atomic mass is 15.3. The fraction of sp³-hybridized carbons (Fsp3) is 0.409. The molecular formula is C22H28N2. The Labute approximate surface area is 146 Å². The number of rotatable bonds is 3. The van der Waals surface area contributed by atoms with Crippen molar-refractivity contribution in [2.75, 3.05) is 11.9 Å². The molecule has 0 saturated heterocycles. The molecule has 1 atom stereocenters. The van der Waals surface area contributed by atoms with E-state index in [4.69, 9.17) is 4.99 Å². The number of aliphatic imine (C=N–C) groups is 1. The van der Waals surface area contributed by atoms with Crippen molar-refractivity contribution in [1.82, 2.24) is 0 Å². The smallest absolute Gasteiger partial charge is 0.108 e. The van der Waals surface area contributed by atoms with Gasteiger partial charge in [0, 0.05) is 23.8 Å². The van der Waals surface area contributed by atoms with E-state index in [2.05, 4.69) is 87.2 Å². The van der Waals surface area contributed by atoms with Crippen molar-refractivity contribution in [3.05, 3.63) is 65.7 Å². The van der Waals surface area contributed by atoms with Gasteiger partial charge in [-0.05, 0) is 38.8 Å². The first-order valence-corrected chi connectivity index (χ1v) is 8.89. The summed E-state index contributed by atoms with van der Waals surface area (Å²) in [6, 6.07) is 19.6. The molecule has 24 heavy (non-hydrogen) atoms. The molecule has 1 aliphatic heterocycles. The highest BCUT2D eigenvalue weighted by Gasteiger charge is 2.52. The van der Waals surface area contributed by atoms with Gasteiger partial charge in [0.2, 0.25) is 0 Å². The second kappa shape index (κ2) is 6.08. The molecule has 0 aliphatic carbocycles. The predicted molar refractivity (Wildman–Crippen MR) is 104 cm³/mol. The van der Waals surface area contributed by atoms with Gasteiger partial charge in [-0.1, -0.05) is 61.9 Å². The molecule has 0 fully saturated rings. The van der Waals surface area contributed by atoms with E-state index >= 15 is 0 Å². The molecule has 3 rings (SSSR count). The highest BCUT2D eigenvalue weighted by molar-refractivity contribution is 6.17. The number of anilines is 1. The molecule has 126 valence electrons. The zero-order chi connectivity index (χ0) is 17.4. The van der Waals surface area contributed by atoms with Crippen LogP contribution in [0.5, 0.6) is 0 Å². The Morgan fingerprint density at radius 1 is 0.958 bits per heavy atom. The Morgan fingerprint density at radius 2 is 1.58 bits per heavy atom. The zero-order valence-electron chi connectivity index (χ0n) is 15.5. The molecule has 2 aromatic carbocycles. The highest BCUT2D eigenvalue weighted by Crippen LogP contribution is 2.51. The minimum absolute atomic E-state index is 0.00639. The molecular weight excluding hydrogens is 292 g/mol. The van der Waals surface area contributed by atoms with Crippen molar-refractivity contribution < 1.29 is 0 Å². The van der Waals surface area contributed by atoms with Crippen LogP contribution >= 0.6 is 0 Å². The van der Waals surface area contributed by atoms with Crippen LogP contribution in [0.1, 0.15) is 51.7 Å². The fourth-order valence-corrected chi connectivity index (χ4v) is 4.36. The van der Waals surface area contributed by atoms with Crippen LogP contribution in [0, 0.1) is 0 Å². The second-order valence-electron chi connectivity index (χ2n) is 7.57. The van der Waals surface area contributed by atoms with Crippen molar-refractivity contribution in [2.24, 2.45) is 4.99 Å². The van der Waals surface area contributed by atoms with Crippen LogP contribution in [0.15, 0.2) is 59.6 Å². The fourth-order valence-electron chi connectivity index (χ4n) is 4.36. The molecule has 2 aromatic rings. The molecule has 2 heteroatoms. The standard InChI is InChI=1S/C22H28N2/c1-6-16-22(17-12-8-7-9-13-17)20(23-5)18-14-10-11-15-19(18)24(22)21(2,3)4/h7-15H,6,16H2,1-5H3/b23-20-. The Kier molecular flexibility index (Phi) is 4.25. The number of para-hydroxylation sites is 1. The molecule has 2 nitrogen and oxygen atoms in total. The Bertz CT molecular complexity index is 740. The van der Waals surface area contributed by atoms with Crippen LogP contribution in [0.3, 0.4) is 0 Å². The molecule has 0 amide bonds. The number of hydrogen-bond acceptors (Lipinski definition) is 2. The first kappa shape index (κ1) is 16.8. The monoisotopic (exact) mass is 320 g/mol. The Morgan fingerprint density at radius 3 is 2.17 bits per heavy atom. The Balaban J connectivity index is 2.37. The predicted octanol–water partition coefficient (Wildman–Crippen LogP) is 5.42. The van der Waals surface area contributed by atoms with Gasteiger partial charge in [-0.25, -0.2) is 0 Å². The summed E-state index contributed by atoms with van der Waals surface area (Å²) in [5.41, 5.74) is 4.88. The Hall–Kier alpha value is -2.09. The van der Waals surface area contributed by atoms with Gasteiger partial charge in [0.05, 0.1) is 5.71 Å². The van der Waals surface area contributed by atoms with Crippen molar-refractivity contribution >= 4 is 11.4 Å². The van der Waals surface area contributed by atoms with Crippen LogP contribution in [0.4, 0.5) is 5.69 Å². The first-order chi connectivity index (χ1) is 11.5. The lowest BCUT2D eigenvalue weighted by Gasteiger charge is -2.48. The van der Waals surface area contributed by atoms with Crippen LogP contribution < -0.4 is 4.90 Å². The summed E-state index contributed by atoms with van der Waals surface area (Å²) >= 11 is 0. The number of benzene rings is 2. The lowest BCUT2D eigenvalue weighted by atomic mass is 9.78. The van der Waals surface area contributed by atoms with Crippen LogP contribution in [0.25, 0.3) is 0 Å². The average Bonchev–Trinajstić information content (AvgIpc) is 2.86. The summed E-state index contributed by atoms with van der Waals surface area (Å²) in [6.07, 6.45) is 2.16. The summed E-state index contributed by atoms with van der Waals surface area (Å²) in [4.78, 5) is 7.41. The molecule has 0 saturated carbocycles. The van der Waals surface area contributed by atoms with Crippen LogP contribution in [-0.2, 0) is 5.54 Å². The molecule has 1 heterocycles. The van der Waals surface area contributed by atoms with E-state index < -0.39 is 0 Å². The molecule has 0 radical (unpaired) electrons. The molecule has 1 unspecified atom stereocenters. The summed E-state index contributed by atoms with van der Waals surface area (Å²) < 4.78 is 0. The first-order valence-electron chi connectivity index (χ1n) is 8.89. The summed E-state index contributed by atoms with van der Waals surface area (Å²) in [5, 5.41) is 0. The summed E-state index contributed by atoms with van der Waals surface area (Å²) in [6.45, 7) is 9.17. The van der Waals surface area contributed by atoms with E-state index in [1.807, 2.05) is 7.05 Å². The normalized spacial score (nSPS) is 22.0. The number of hydrogen-bond donors (Lipinski definition) is 0. The second-order valence-corrected chi connectivity index (χ2v) is 7.57. The van der Waals surface area contributed by atoms with Gasteiger partial charge < -0.3 is 4.90 Å². The van der Waals surface area contributed by atoms with Gasteiger partial charge in [-0.2, -0.15) is 0 Å². The van der Waals surface area contributed by atoms with Crippen molar-refractivity contribution in [2.45, 2.75) is 51.6 Å². The lowest BCUT2D eigenvalue weighted by molar-refractivity contribution is 0.382. The van der Waals surface area contributed by atoms with E-state index in [-0.39, 0.29) is 11.1 Å². The molecule has 1 aliphatic rings. The van der Waals surface area contributed by atoms with E-state index in [1.165, 1.54) is 22.5 Å². The third-order valence-electron chi connectivity index (χ3n) is 4.93. The van der Waals surface area contributed by atoms with Gasteiger partial charge in [-0.15, -0.1) is 0 Å². The van der Waals surface area contributed by atoms with Crippen molar-refractivity contribution in [3.63, 3.8) is 0 Å². The quantitative estimate of drug-likeness (QED) is 0.737. The third-order valence-corrected chi connectivity index (χ3v) is 4.93. The lowest BCUT2D eigenvalue weighted by Crippen LogP contribution is -2.56. The maximum Gasteiger partial charge on any atom is 0.108 e. The van der Waals surface area contributed by atoms with Crippen LogP contribution in [-0.4, -0.2) is 18.3 Å². The largest absolute Gasteiger partial charge is 0.351 e. The maximum absolute atomic E-state index is 4.82. The van der Waals surface area contributed by atoms with Crippen molar-refractivity contribution in [1.29, 1.82) is 0 Å². The van der Waals surface area contributed by atoms with E-state index in [0.717, 1.165) is 12.8 Å². The van der Waals surface area contributed by atoms with E-state index in [1.54, 1.807) is 0 Å². The van der Waals surface area contributed by atoms with E-state index in [9.17, 15) is 0 Å². The number of fused-ring (bicyclic) bond motifs is 1. The minimum Gasteiger partial charge on any atom is -0.351 e. The third kappa shape index (κ3) is 2.36. The van der Waals surface area contributed by atoms with E-state index in [0.29, 0.717) is 0 Å². The molecule has 0 spiro atoms. The molecule has 0 aromatic heterocycles. The van der Waals surface area contributed by atoms with Gasteiger partial charge in [0.1, 0.15) is 5.54 Å². The van der Waals surface area contributed by atoms with Gasteiger partial charge in [0.15, 0.2) is 0 Å². The van der Waals surface area contributed by atoms with Gasteiger partial charge in [0.25, 0.3) is 0 Å². The maximum atomic E-state index is 4.82. The zero-order valence-corrected chi connectivity index (χ0v) is 15.5. The molecule has 0 N–H and O–H groups in total. The number of nitrogens with zero attached hydrogens (tertiary/aromatic N) is 2. The minimum atomic E-state index is -0.202. The molecule has 0 bridgehead atoms.